The highest BCUT2D eigenvalue weighted by atomic mass is 16.2. The molecule has 0 aromatic carbocycles. The highest BCUT2D eigenvalue weighted by Gasteiger charge is 2.26. The molecule has 0 aliphatic carbocycles. The van der Waals surface area contributed by atoms with Gasteiger partial charge < -0.3 is 10.2 Å². The summed E-state index contributed by atoms with van der Waals surface area (Å²) in [6, 6.07) is 0.656. The Bertz CT molecular complexity index is 444. The number of piperidine rings is 1. The van der Waals surface area contributed by atoms with Crippen LogP contribution in [0.5, 0.6) is 0 Å². The molecule has 1 saturated heterocycles. The van der Waals surface area contributed by atoms with Gasteiger partial charge in [0.1, 0.15) is 11.5 Å². The van der Waals surface area contributed by atoms with Crippen molar-refractivity contribution in [1.29, 1.82) is 0 Å². The van der Waals surface area contributed by atoms with Crippen LogP contribution in [0.4, 0.5) is 5.82 Å². The van der Waals surface area contributed by atoms with E-state index >= 15 is 0 Å². The lowest BCUT2D eigenvalue weighted by atomic mass is 10.00. The van der Waals surface area contributed by atoms with Gasteiger partial charge in [0.15, 0.2) is 0 Å². The molecule has 1 unspecified atom stereocenters. The molecule has 1 N–H and O–H groups in total. The standard InChI is InChI=1S/C15H24N4O/c1-4-12-7-5-6-8-19(12)15(20)13-9-17-14(10-16-13)18-11(2)3/h9-12H,4-8H2,1-3H3,(H,17,18). The zero-order valence-electron chi connectivity index (χ0n) is 12.6. The van der Waals surface area contributed by atoms with E-state index in [0.29, 0.717) is 23.6 Å². The molecule has 1 aliphatic heterocycles. The normalized spacial score (nSPS) is 19.2. The van der Waals surface area contributed by atoms with Crippen LogP contribution < -0.4 is 5.32 Å². The van der Waals surface area contributed by atoms with Crippen molar-refractivity contribution in [3.05, 3.63) is 18.1 Å². The number of anilines is 1. The minimum Gasteiger partial charge on any atom is -0.367 e. The minimum absolute atomic E-state index is 0.0140. The summed E-state index contributed by atoms with van der Waals surface area (Å²) in [4.78, 5) is 23.0. The SMILES string of the molecule is CCC1CCCCN1C(=O)c1cnc(NC(C)C)cn1. The van der Waals surface area contributed by atoms with Gasteiger partial charge in [-0.25, -0.2) is 9.97 Å². The van der Waals surface area contributed by atoms with Crippen LogP contribution in [-0.4, -0.2) is 39.4 Å². The summed E-state index contributed by atoms with van der Waals surface area (Å²) in [5, 5.41) is 3.17. The van der Waals surface area contributed by atoms with Gasteiger partial charge >= 0.3 is 0 Å². The minimum atomic E-state index is 0.0140. The predicted octanol–water partition coefficient (Wildman–Crippen LogP) is 2.70. The fraction of sp³-hybridized carbons (Fsp3) is 0.667. The van der Waals surface area contributed by atoms with Crippen molar-refractivity contribution >= 4 is 11.7 Å². The average molecular weight is 276 g/mol. The van der Waals surface area contributed by atoms with Crippen LogP contribution in [0.25, 0.3) is 0 Å². The Labute approximate surface area is 120 Å². The molecule has 5 heteroatoms. The monoisotopic (exact) mass is 276 g/mol. The maximum atomic E-state index is 12.5. The van der Waals surface area contributed by atoms with Crippen molar-refractivity contribution in [3.63, 3.8) is 0 Å². The van der Waals surface area contributed by atoms with Gasteiger partial charge in [0.2, 0.25) is 0 Å². The van der Waals surface area contributed by atoms with E-state index in [0.717, 1.165) is 25.8 Å². The van der Waals surface area contributed by atoms with Crippen LogP contribution in [0.1, 0.15) is 56.9 Å². The fourth-order valence-corrected chi connectivity index (χ4v) is 2.65. The molecule has 1 fully saturated rings. The van der Waals surface area contributed by atoms with E-state index in [1.165, 1.54) is 6.42 Å². The molecule has 5 nitrogen and oxygen atoms in total. The van der Waals surface area contributed by atoms with Crippen molar-refractivity contribution in [3.8, 4) is 0 Å². The number of likely N-dealkylation sites (tertiary alicyclic amines) is 1. The smallest absolute Gasteiger partial charge is 0.274 e. The van der Waals surface area contributed by atoms with Gasteiger partial charge in [-0.1, -0.05) is 6.92 Å². The van der Waals surface area contributed by atoms with Crippen LogP contribution in [0.15, 0.2) is 12.4 Å². The van der Waals surface area contributed by atoms with E-state index in [1.807, 2.05) is 18.7 Å². The number of hydrogen-bond acceptors (Lipinski definition) is 4. The van der Waals surface area contributed by atoms with Crippen LogP contribution in [0.3, 0.4) is 0 Å². The van der Waals surface area contributed by atoms with Gasteiger partial charge in [-0.15, -0.1) is 0 Å². The van der Waals surface area contributed by atoms with Crippen molar-refractivity contribution in [2.24, 2.45) is 0 Å². The van der Waals surface area contributed by atoms with Crippen LogP contribution in [0, 0.1) is 0 Å². The average Bonchev–Trinajstić information content (AvgIpc) is 2.46. The maximum absolute atomic E-state index is 12.5. The molecular formula is C15H24N4O. The molecule has 1 aromatic heterocycles. The highest BCUT2D eigenvalue weighted by Crippen LogP contribution is 2.21. The Balaban J connectivity index is 2.08. The van der Waals surface area contributed by atoms with Gasteiger partial charge in [-0.05, 0) is 39.5 Å². The Morgan fingerprint density at radius 3 is 2.80 bits per heavy atom. The van der Waals surface area contributed by atoms with Crippen LogP contribution in [-0.2, 0) is 0 Å². The predicted molar refractivity (Wildman–Crippen MR) is 79.8 cm³/mol. The summed E-state index contributed by atoms with van der Waals surface area (Å²) in [5.41, 5.74) is 0.444. The number of rotatable bonds is 4. The van der Waals surface area contributed by atoms with E-state index in [-0.39, 0.29) is 5.91 Å². The first kappa shape index (κ1) is 14.8. The van der Waals surface area contributed by atoms with Crippen LogP contribution >= 0.6 is 0 Å². The van der Waals surface area contributed by atoms with Gasteiger partial charge in [0.25, 0.3) is 5.91 Å². The number of amides is 1. The molecule has 110 valence electrons. The number of carbonyl (C=O) groups is 1. The zero-order valence-corrected chi connectivity index (χ0v) is 12.6. The molecular weight excluding hydrogens is 252 g/mol. The quantitative estimate of drug-likeness (QED) is 0.918. The van der Waals surface area contributed by atoms with Gasteiger partial charge in [0.05, 0.1) is 12.4 Å². The number of hydrogen-bond donors (Lipinski definition) is 1. The van der Waals surface area contributed by atoms with Crippen molar-refractivity contribution in [2.75, 3.05) is 11.9 Å². The van der Waals surface area contributed by atoms with E-state index in [9.17, 15) is 4.79 Å². The Morgan fingerprint density at radius 2 is 2.20 bits per heavy atom. The number of carbonyl (C=O) groups excluding carboxylic acids is 1. The van der Waals surface area contributed by atoms with Gasteiger partial charge in [-0.2, -0.15) is 0 Å². The fourth-order valence-electron chi connectivity index (χ4n) is 2.65. The van der Waals surface area contributed by atoms with Crippen molar-refractivity contribution in [2.45, 2.75) is 58.5 Å². The lowest BCUT2D eigenvalue weighted by molar-refractivity contribution is 0.0601. The second kappa shape index (κ2) is 6.68. The second-order valence-electron chi connectivity index (χ2n) is 5.64. The first-order chi connectivity index (χ1) is 9.61. The summed E-state index contributed by atoms with van der Waals surface area (Å²) in [7, 11) is 0. The first-order valence-electron chi connectivity index (χ1n) is 7.51. The van der Waals surface area contributed by atoms with Crippen molar-refractivity contribution < 1.29 is 4.79 Å². The van der Waals surface area contributed by atoms with E-state index in [4.69, 9.17) is 0 Å². The molecule has 0 saturated carbocycles. The molecule has 2 heterocycles. The lowest BCUT2D eigenvalue weighted by Crippen LogP contribution is -2.43. The molecule has 1 aromatic rings. The van der Waals surface area contributed by atoms with E-state index < -0.39 is 0 Å². The third-order valence-electron chi connectivity index (χ3n) is 3.67. The molecule has 0 bridgehead atoms. The van der Waals surface area contributed by atoms with E-state index in [1.54, 1.807) is 12.4 Å². The van der Waals surface area contributed by atoms with E-state index in [2.05, 4.69) is 22.2 Å². The topological polar surface area (TPSA) is 58.1 Å². The maximum Gasteiger partial charge on any atom is 0.274 e. The Hall–Kier alpha value is -1.65. The molecule has 1 amide bonds. The first-order valence-corrected chi connectivity index (χ1v) is 7.51. The molecule has 0 spiro atoms. The Kier molecular flexibility index (Phi) is 4.93. The lowest BCUT2D eigenvalue weighted by Gasteiger charge is -2.34. The molecule has 1 atom stereocenters. The third kappa shape index (κ3) is 3.46. The molecule has 2 rings (SSSR count). The molecule has 1 aliphatic rings. The Morgan fingerprint density at radius 1 is 1.40 bits per heavy atom. The number of nitrogens with one attached hydrogen (secondary N) is 1. The summed E-state index contributed by atoms with van der Waals surface area (Å²) >= 11 is 0. The molecule has 20 heavy (non-hydrogen) atoms. The van der Waals surface area contributed by atoms with Crippen LogP contribution in [0.2, 0.25) is 0 Å². The third-order valence-corrected chi connectivity index (χ3v) is 3.67. The largest absolute Gasteiger partial charge is 0.367 e. The van der Waals surface area contributed by atoms with Gasteiger partial charge in [0, 0.05) is 18.6 Å². The number of aromatic nitrogens is 2. The second-order valence-corrected chi connectivity index (χ2v) is 5.64. The summed E-state index contributed by atoms with van der Waals surface area (Å²) in [6.07, 6.45) is 7.62. The summed E-state index contributed by atoms with van der Waals surface area (Å²) < 4.78 is 0. The summed E-state index contributed by atoms with van der Waals surface area (Å²) in [5.74, 6) is 0.724. The molecule has 0 radical (unpaired) electrons. The summed E-state index contributed by atoms with van der Waals surface area (Å²) in [6.45, 7) is 7.06. The zero-order chi connectivity index (χ0) is 14.5. The van der Waals surface area contributed by atoms with Gasteiger partial charge in [-0.3, -0.25) is 4.79 Å². The van der Waals surface area contributed by atoms with Crippen molar-refractivity contribution in [1.82, 2.24) is 14.9 Å². The highest BCUT2D eigenvalue weighted by molar-refractivity contribution is 5.92. The number of nitrogens with zero attached hydrogens (tertiary/aromatic N) is 3.